The smallest absolute Gasteiger partial charge is 0.115 e. The van der Waals surface area contributed by atoms with Crippen LogP contribution in [0.5, 0.6) is 0 Å². The molecule has 0 saturated heterocycles. The lowest BCUT2D eigenvalue weighted by Gasteiger charge is -1.90. The van der Waals surface area contributed by atoms with Crippen molar-refractivity contribution in [1.82, 2.24) is 15.1 Å². The summed E-state index contributed by atoms with van der Waals surface area (Å²) in [7, 11) is 0. The lowest BCUT2D eigenvalue weighted by Crippen LogP contribution is -2.09. The Balaban J connectivity index is 2.79. The Morgan fingerprint density at radius 3 is 3.08 bits per heavy atom. The maximum absolute atomic E-state index is 10.1. The molecule has 6 heteroatoms. The normalized spacial score (nSPS) is 10.3. The number of nitroso groups, excluding NO2 is 1. The van der Waals surface area contributed by atoms with Gasteiger partial charge in [0.05, 0.1) is 0 Å². The average Bonchev–Trinajstić information content (AvgIpc) is 2.47. The fraction of sp³-hybridized carbons (Fsp3) is 0. The van der Waals surface area contributed by atoms with Crippen molar-refractivity contribution in [3.8, 4) is 0 Å². The van der Waals surface area contributed by atoms with E-state index in [1.54, 1.807) is 12.1 Å². The fourth-order valence-electron chi connectivity index (χ4n) is 0.981. The standard InChI is InChI=1S/C6H5N5O/c7-11-6-3-4(9-12)1-2-5(6)8-10-11/h1-3H,7H2. The summed E-state index contributed by atoms with van der Waals surface area (Å²) in [5.74, 6) is 5.40. The van der Waals surface area contributed by atoms with Crippen LogP contribution in [0, 0.1) is 4.91 Å². The Hall–Kier alpha value is -1.98. The van der Waals surface area contributed by atoms with Gasteiger partial charge in [-0.05, 0) is 28.6 Å². The van der Waals surface area contributed by atoms with Gasteiger partial charge in [0.2, 0.25) is 0 Å². The monoisotopic (exact) mass is 163 g/mol. The van der Waals surface area contributed by atoms with Crippen LogP contribution in [0.25, 0.3) is 11.0 Å². The number of nitrogens with two attached hydrogens (primary N) is 1. The Morgan fingerprint density at radius 1 is 1.50 bits per heavy atom. The molecule has 6 nitrogen and oxygen atoms in total. The zero-order chi connectivity index (χ0) is 8.55. The molecular weight excluding hydrogens is 158 g/mol. The maximum Gasteiger partial charge on any atom is 0.115 e. The van der Waals surface area contributed by atoms with Crippen molar-refractivity contribution < 1.29 is 0 Å². The van der Waals surface area contributed by atoms with Gasteiger partial charge in [0.15, 0.2) is 0 Å². The molecule has 60 valence electrons. The molecule has 0 atom stereocenters. The molecular formula is C6H5N5O. The molecule has 0 saturated carbocycles. The summed E-state index contributed by atoms with van der Waals surface area (Å²) < 4.78 is 0. The molecule has 2 rings (SSSR count). The van der Waals surface area contributed by atoms with E-state index in [0.29, 0.717) is 16.7 Å². The van der Waals surface area contributed by atoms with E-state index in [4.69, 9.17) is 5.84 Å². The van der Waals surface area contributed by atoms with Crippen LogP contribution in [0.1, 0.15) is 0 Å². The molecule has 0 aliphatic carbocycles. The molecule has 0 fully saturated rings. The van der Waals surface area contributed by atoms with Crippen molar-refractivity contribution in [1.29, 1.82) is 0 Å². The van der Waals surface area contributed by atoms with Crippen LogP contribution in [0.2, 0.25) is 0 Å². The first kappa shape index (κ1) is 6.71. The van der Waals surface area contributed by atoms with Gasteiger partial charge >= 0.3 is 0 Å². The van der Waals surface area contributed by atoms with Gasteiger partial charge in [0.25, 0.3) is 0 Å². The van der Waals surface area contributed by atoms with E-state index in [1.165, 1.54) is 6.07 Å². The van der Waals surface area contributed by atoms with Crippen LogP contribution in [0.3, 0.4) is 0 Å². The van der Waals surface area contributed by atoms with Crippen molar-refractivity contribution in [2.75, 3.05) is 5.84 Å². The van der Waals surface area contributed by atoms with Gasteiger partial charge in [0, 0.05) is 0 Å². The summed E-state index contributed by atoms with van der Waals surface area (Å²) in [6.45, 7) is 0. The molecule has 12 heavy (non-hydrogen) atoms. The minimum absolute atomic E-state index is 0.316. The summed E-state index contributed by atoms with van der Waals surface area (Å²) in [4.78, 5) is 11.2. The first-order chi connectivity index (χ1) is 5.81. The van der Waals surface area contributed by atoms with E-state index in [9.17, 15) is 4.91 Å². The van der Waals surface area contributed by atoms with Crippen molar-refractivity contribution in [2.24, 2.45) is 5.18 Å². The number of rotatable bonds is 1. The SMILES string of the molecule is Nn1nnc2ccc(N=O)cc21. The number of hydrogen-bond donors (Lipinski definition) is 1. The quantitative estimate of drug-likeness (QED) is 0.491. The highest BCUT2D eigenvalue weighted by Crippen LogP contribution is 2.17. The minimum atomic E-state index is 0.316. The molecule has 2 N–H and O–H groups in total. The van der Waals surface area contributed by atoms with E-state index < -0.39 is 0 Å². The molecule has 0 unspecified atom stereocenters. The molecule has 0 radical (unpaired) electrons. The average molecular weight is 163 g/mol. The third-order valence-corrected chi connectivity index (χ3v) is 1.56. The van der Waals surface area contributed by atoms with Crippen LogP contribution < -0.4 is 5.84 Å². The van der Waals surface area contributed by atoms with Gasteiger partial charge in [-0.2, -0.15) is 4.79 Å². The van der Waals surface area contributed by atoms with E-state index in [2.05, 4.69) is 15.5 Å². The van der Waals surface area contributed by atoms with Crippen LogP contribution >= 0.6 is 0 Å². The van der Waals surface area contributed by atoms with Crippen LogP contribution in [0.4, 0.5) is 5.69 Å². The minimum Gasteiger partial charge on any atom is -0.321 e. The van der Waals surface area contributed by atoms with E-state index in [-0.39, 0.29) is 0 Å². The Labute approximate surface area is 66.9 Å². The summed E-state index contributed by atoms with van der Waals surface area (Å²) in [6, 6.07) is 4.73. The van der Waals surface area contributed by atoms with Crippen molar-refractivity contribution in [3.63, 3.8) is 0 Å². The van der Waals surface area contributed by atoms with Crippen LogP contribution in [-0.2, 0) is 0 Å². The predicted octanol–water partition coefficient (Wildman–Crippen LogP) is 0.543. The molecule has 0 bridgehead atoms. The molecule has 1 aromatic carbocycles. The van der Waals surface area contributed by atoms with Gasteiger partial charge < -0.3 is 5.84 Å². The molecule has 1 aromatic heterocycles. The third-order valence-electron chi connectivity index (χ3n) is 1.56. The number of aromatic nitrogens is 3. The summed E-state index contributed by atoms with van der Waals surface area (Å²) in [5, 5.41) is 10.1. The molecule has 2 aromatic rings. The number of benzene rings is 1. The van der Waals surface area contributed by atoms with Gasteiger partial charge in [-0.1, -0.05) is 0 Å². The summed E-state index contributed by atoms with van der Waals surface area (Å²) in [5.41, 5.74) is 1.55. The second kappa shape index (κ2) is 2.26. The fourth-order valence-corrected chi connectivity index (χ4v) is 0.981. The zero-order valence-corrected chi connectivity index (χ0v) is 6.01. The van der Waals surface area contributed by atoms with E-state index >= 15 is 0 Å². The van der Waals surface area contributed by atoms with Gasteiger partial charge in [-0.15, -0.1) is 10.0 Å². The highest BCUT2D eigenvalue weighted by Gasteiger charge is 2.02. The van der Waals surface area contributed by atoms with E-state index in [1.807, 2.05) is 0 Å². The van der Waals surface area contributed by atoms with E-state index in [0.717, 1.165) is 4.79 Å². The van der Waals surface area contributed by atoms with Crippen LogP contribution in [-0.4, -0.2) is 15.1 Å². The molecule has 0 aliphatic rings. The number of nitrogen functional groups attached to an aromatic ring is 1. The van der Waals surface area contributed by atoms with Crippen molar-refractivity contribution in [3.05, 3.63) is 23.1 Å². The molecule has 0 amide bonds. The third kappa shape index (κ3) is 0.815. The number of hydrogen-bond acceptors (Lipinski definition) is 5. The predicted molar refractivity (Wildman–Crippen MR) is 43.1 cm³/mol. The Bertz CT molecular complexity index is 434. The first-order valence-electron chi connectivity index (χ1n) is 3.25. The second-order valence-electron chi connectivity index (χ2n) is 2.30. The number of nitrogens with zero attached hydrogens (tertiary/aromatic N) is 4. The zero-order valence-electron chi connectivity index (χ0n) is 6.01. The largest absolute Gasteiger partial charge is 0.321 e. The van der Waals surface area contributed by atoms with Gasteiger partial charge in [-0.25, -0.2) is 0 Å². The van der Waals surface area contributed by atoms with Crippen LogP contribution in [0.15, 0.2) is 23.4 Å². The number of fused-ring (bicyclic) bond motifs is 1. The van der Waals surface area contributed by atoms with Gasteiger partial charge in [0.1, 0.15) is 16.7 Å². The highest BCUT2D eigenvalue weighted by molar-refractivity contribution is 5.77. The lowest BCUT2D eigenvalue weighted by atomic mass is 10.3. The molecule has 1 heterocycles. The summed E-state index contributed by atoms with van der Waals surface area (Å²) in [6.07, 6.45) is 0. The maximum atomic E-state index is 10.1. The highest BCUT2D eigenvalue weighted by atomic mass is 16.3. The Kier molecular flexibility index (Phi) is 1.26. The summed E-state index contributed by atoms with van der Waals surface area (Å²) >= 11 is 0. The Morgan fingerprint density at radius 2 is 2.33 bits per heavy atom. The molecule has 0 spiro atoms. The first-order valence-corrected chi connectivity index (χ1v) is 3.25. The molecule has 0 aliphatic heterocycles. The topological polar surface area (TPSA) is 86.2 Å². The lowest BCUT2D eigenvalue weighted by molar-refractivity contribution is 0.787. The second-order valence-corrected chi connectivity index (χ2v) is 2.30. The van der Waals surface area contributed by atoms with Gasteiger partial charge in [-0.3, -0.25) is 0 Å². The van der Waals surface area contributed by atoms with Crippen molar-refractivity contribution in [2.45, 2.75) is 0 Å². The van der Waals surface area contributed by atoms with Crippen molar-refractivity contribution >= 4 is 16.7 Å².